The number of thiazole rings is 1. The first-order valence-corrected chi connectivity index (χ1v) is 11.6. The summed E-state index contributed by atoms with van der Waals surface area (Å²) in [4.78, 5) is 31.1. The molecule has 1 aliphatic rings. The van der Waals surface area contributed by atoms with Gasteiger partial charge in [0.25, 0.3) is 11.8 Å². The standard InChI is InChI=1S/C22H30N6O4S/c1-13(14-5-7-15(8-6-14)25-10-3-9-23)26-20(31)18(29)19(30)21(32)28-11-2-4-17(28)16-12-33-22(24)27-16/h3,5-8,10,12-13,17-19,25,29-30H,2,4,9,11,23H2,1H3,(H2,24,27)(H,26,31)/b10-3-/t13-,17-,18-,19-/m1/s1. The number of hydrogen-bond donors (Lipinski definition) is 6. The highest BCUT2D eigenvalue weighted by Gasteiger charge is 2.39. The van der Waals surface area contributed by atoms with E-state index in [9.17, 15) is 19.8 Å². The van der Waals surface area contributed by atoms with E-state index in [4.69, 9.17) is 11.5 Å². The van der Waals surface area contributed by atoms with E-state index in [0.29, 0.717) is 30.3 Å². The molecule has 0 aliphatic carbocycles. The number of nitrogens with zero attached hydrogens (tertiary/aromatic N) is 2. The van der Waals surface area contributed by atoms with Crippen molar-refractivity contribution in [3.63, 3.8) is 0 Å². The summed E-state index contributed by atoms with van der Waals surface area (Å²) in [6, 6.07) is 6.55. The van der Waals surface area contributed by atoms with Gasteiger partial charge < -0.3 is 37.2 Å². The van der Waals surface area contributed by atoms with Crippen LogP contribution < -0.4 is 22.1 Å². The third-order valence-corrected chi connectivity index (χ3v) is 6.20. The molecule has 8 N–H and O–H groups in total. The Morgan fingerprint density at radius 2 is 2.03 bits per heavy atom. The molecule has 1 fully saturated rings. The highest BCUT2D eigenvalue weighted by atomic mass is 32.1. The zero-order valence-electron chi connectivity index (χ0n) is 18.3. The van der Waals surface area contributed by atoms with Gasteiger partial charge in [-0.25, -0.2) is 4.98 Å². The minimum atomic E-state index is -1.90. The number of benzene rings is 1. The lowest BCUT2D eigenvalue weighted by Crippen LogP contribution is -2.51. The number of nitrogens with two attached hydrogens (primary N) is 2. The minimum absolute atomic E-state index is 0.332. The van der Waals surface area contributed by atoms with E-state index in [2.05, 4.69) is 15.6 Å². The van der Waals surface area contributed by atoms with E-state index < -0.39 is 30.1 Å². The number of hydrogen-bond acceptors (Lipinski definition) is 9. The normalized spacial score (nSPS) is 18.8. The van der Waals surface area contributed by atoms with Crippen molar-refractivity contribution < 1.29 is 19.8 Å². The van der Waals surface area contributed by atoms with Gasteiger partial charge in [-0.2, -0.15) is 0 Å². The number of nitrogens with one attached hydrogen (secondary N) is 2. The average Bonchev–Trinajstić information content (AvgIpc) is 3.47. The Labute approximate surface area is 196 Å². The number of rotatable bonds is 9. The topological polar surface area (TPSA) is 167 Å². The maximum atomic E-state index is 12.8. The van der Waals surface area contributed by atoms with Crippen LogP contribution in [0.2, 0.25) is 0 Å². The number of amides is 2. The monoisotopic (exact) mass is 474 g/mol. The van der Waals surface area contributed by atoms with Crippen LogP contribution in [0.5, 0.6) is 0 Å². The van der Waals surface area contributed by atoms with Crippen LogP contribution in [0.4, 0.5) is 10.8 Å². The Morgan fingerprint density at radius 1 is 1.30 bits per heavy atom. The van der Waals surface area contributed by atoms with E-state index in [1.807, 2.05) is 24.3 Å². The Morgan fingerprint density at radius 3 is 2.67 bits per heavy atom. The maximum absolute atomic E-state index is 12.8. The third kappa shape index (κ3) is 6.08. The van der Waals surface area contributed by atoms with Gasteiger partial charge in [-0.15, -0.1) is 11.3 Å². The number of aliphatic hydroxyl groups is 2. The number of aromatic nitrogens is 1. The molecule has 1 aromatic carbocycles. The number of carbonyl (C=O) groups excluding carboxylic acids is 2. The molecule has 33 heavy (non-hydrogen) atoms. The first-order chi connectivity index (χ1) is 15.8. The molecule has 4 atom stereocenters. The molecule has 1 saturated heterocycles. The Kier molecular flexibility index (Phi) is 8.39. The van der Waals surface area contributed by atoms with Gasteiger partial charge in [0.2, 0.25) is 0 Å². The molecule has 2 heterocycles. The van der Waals surface area contributed by atoms with Crippen molar-refractivity contribution in [2.24, 2.45) is 5.73 Å². The van der Waals surface area contributed by atoms with E-state index in [1.165, 1.54) is 16.2 Å². The van der Waals surface area contributed by atoms with Crippen molar-refractivity contribution in [2.75, 3.05) is 24.1 Å². The second-order valence-electron chi connectivity index (χ2n) is 7.82. The molecule has 1 aromatic heterocycles. The fourth-order valence-corrected chi connectivity index (χ4v) is 4.32. The van der Waals surface area contributed by atoms with Crippen LogP contribution in [0.3, 0.4) is 0 Å². The molecule has 10 nitrogen and oxygen atoms in total. The second kappa shape index (κ2) is 11.2. The summed E-state index contributed by atoms with van der Waals surface area (Å²) in [5.74, 6) is -1.54. The zero-order valence-corrected chi connectivity index (χ0v) is 19.2. The molecule has 0 unspecified atom stereocenters. The lowest BCUT2D eigenvalue weighted by Gasteiger charge is -2.28. The summed E-state index contributed by atoms with van der Waals surface area (Å²) >= 11 is 1.28. The Balaban J connectivity index is 1.58. The summed E-state index contributed by atoms with van der Waals surface area (Å²) in [7, 11) is 0. The fraction of sp³-hybridized carbons (Fsp3) is 0.409. The molecular formula is C22H30N6O4S. The lowest BCUT2D eigenvalue weighted by atomic mass is 10.1. The SMILES string of the molecule is C[C@@H](NC(=O)[C@H](O)[C@@H](O)C(=O)N1CCC[C@@H]1c1csc(N)n1)c1ccc(N/C=C\CN)cc1. The van der Waals surface area contributed by atoms with Crippen LogP contribution in [0.25, 0.3) is 0 Å². The van der Waals surface area contributed by atoms with Crippen LogP contribution in [0, 0.1) is 0 Å². The van der Waals surface area contributed by atoms with Crippen LogP contribution in [-0.4, -0.2) is 57.2 Å². The highest BCUT2D eigenvalue weighted by molar-refractivity contribution is 7.13. The third-order valence-electron chi connectivity index (χ3n) is 5.51. The van der Waals surface area contributed by atoms with Gasteiger partial charge in [0, 0.05) is 24.2 Å². The fourth-order valence-electron chi connectivity index (χ4n) is 3.71. The summed E-state index contributed by atoms with van der Waals surface area (Å²) in [6.07, 6.45) is 1.14. The van der Waals surface area contributed by atoms with Crippen molar-refractivity contribution in [2.45, 2.75) is 44.1 Å². The van der Waals surface area contributed by atoms with Crippen molar-refractivity contribution in [3.05, 3.63) is 53.2 Å². The smallest absolute Gasteiger partial charge is 0.255 e. The maximum Gasteiger partial charge on any atom is 0.255 e. The summed E-state index contributed by atoms with van der Waals surface area (Å²) in [5.41, 5.74) is 13.4. The predicted octanol–water partition coefficient (Wildman–Crippen LogP) is 0.872. The van der Waals surface area contributed by atoms with Crippen LogP contribution in [0.1, 0.15) is 43.1 Å². The van der Waals surface area contributed by atoms with Crippen molar-refractivity contribution in [1.82, 2.24) is 15.2 Å². The molecule has 0 bridgehead atoms. The molecule has 0 spiro atoms. The van der Waals surface area contributed by atoms with E-state index in [1.54, 1.807) is 24.6 Å². The first-order valence-electron chi connectivity index (χ1n) is 10.7. The molecule has 1 aliphatic heterocycles. The summed E-state index contributed by atoms with van der Waals surface area (Å²) in [5, 5.41) is 28.7. The van der Waals surface area contributed by atoms with Crippen molar-refractivity contribution in [1.29, 1.82) is 0 Å². The summed E-state index contributed by atoms with van der Waals surface area (Å²) in [6.45, 7) is 2.59. The highest BCUT2D eigenvalue weighted by Crippen LogP contribution is 2.33. The minimum Gasteiger partial charge on any atom is -0.380 e. The number of anilines is 2. The molecular weight excluding hydrogens is 444 g/mol. The van der Waals surface area contributed by atoms with E-state index in [-0.39, 0.29) is 6.04 Å². The van der Waals surface area contributed by atoms with Gasteiger partial charge in [0.05, 0.1) is 17.8 Å². The Hall–Kier alpha value is -2.99. The molecule has 0 saturated carbocycles. The quantitative estimate of drug-likeness (QED) is 0.311. The van der Waals surface area contributed by atoms with Crippen molar-refractivity contribution >= 4 is 34.0 Å². The predicted molar refractivity (Wildman–Crippen MR) is 127 cm³/mol. The molecule has 3 rings (SSSR count). The van der Waals surface area contributed by atoms with Crippen LogP contribution >= 0.6 is 11.3 Å². The molecule has 0 radical (unpaired) electrons. The van der Waals surface area contributed by atoms with E-state index >= 15 is 0 Å². The molecule has 2 aromatic rings. The van der Waals surface area contributed by atoms with Crippen LogP contribution in [0.15, 0.2) is 41.9 Å². The molecule has 11 heteroatoms. The first kappa shape index (κ1) is 24.6. The second-order valence-corrected chi connectivity index (χ2v) is 8.71. The van der Waals surface area contributed by atoms with Crippen LogP contribution in [-0.2, 0) is 9.59 Å². The average molecular weight is 475 g/mol. The Bertz CT molecular complexity index is 980. The van der Waals surface area contributed by atoms with Gasteiger partial charge in [-0.05, 0) is 43.7 Å². The number of carbonyl (C=O) groups is 2. The van der Waals surface area contributed by atoms with E-state index in [0.717, 1.165) is 17.7 Å². The number of nitrogen functional groups attached to an aromatic ring is 1. The zero-order chi connectivity index (χ0) is 24.0. The molecule has 178 valence electrons. The molecule has 2 amide bonds. The van der Waals surface area contributed by atoms with Gasteiger partial charge in [0.1, 0.15) is 0 Å². The van der Waals surface area contributed by atoms with Gasteiger partial charge in [-0.1, -0.05) is 18.2 Å². The largest absolute Gasteiger partial charge is 0.380 e. The summed E-state index contributed by atoms with van der Waals surface area (Å²) < 4.78 is 0. The van der Waals surface area contributed by atoms with Gasteiger partial charge in [-0.3, -0.25) is 9.59 Å². The van der Waals surface area contributed by atoms with Gasteiger partial charge >= 0.3 is 0 Å². The number of aliphatic hydroxyl groups excluding tert-OH is 2. The number of likely N-dealkylation sites (tertiary alicyclic amines) is 1. The van der Waals surface area contributed by atoms with Crippen molar-refractivity contribution in [3.8, 4) is 0 Å². The lowest BCUT2D eigenvalue weighted by molar-refractivity contribution is -0.154. The van der Waals surface area contributed by atoms with Gasteiger partial charge in [0.15, 0.2) is 17.3 Å².